The van der Waals surface area contributed by atoms with Gasteiger partial charge in [0.05, 0.1) is 12.7 Å². The monoisotopic (exact) mass is 268 g/mol. The third-order valence-electron chi connectivity index (χ3n) is 4.47. The second-order valence-corrected chi connectivity index (χ2v) is 6.15. The van der Waals surface area contributed by atoms with Gasteiger partial charge in [0.2, 0.25) is 5.91 Å². The topological polar surface area (TPSA) is 73.6 Å². The normalized spacial score (nSPS) is 28.0. The van der Waals surface area contributed by atoms with Crippen molar-refractivity contribution in [1.29, 1.82) is 0 Å². The summed E-state index contributed by atoms with van der Waals surface area (Å²) < 4.78 is 11.3. The Hall–Kier alpha value is -0.650. The van der Waals surface area contributed by atoms with Gasteiger partial charge in [-0.3, -0.25) is 10.1 Å². The Labute approximate surface area is 114 Å². The van der Waals surface area contributed by atoms with E-state index in [1.54, 1.807) is 0 Å². The summed E-state index contributed by atoms with van der Waals surface area (Å²) >= 11 is 0. The van der Waals surface area contributed by atoms with E-state index in [9.17, 15) is 4.79 Å². The van der Waals surface area contributed by atoms with E-state index in [0.29, 0.717) is 18.6 Å². The van der Waals surface area contributed by atoms with Gasteiger partial charge in [0.25, 0.3) is 0 Å². The summed E-state index contributed by atoms with van der Waals surface area (Å²) in [5.41, 5.74) is 5.07. The summed E-state index contributed by atoms with van der Waals surface area (Å²) in [6.07, 6.45) is 6.52. The Morgan fingerprint density at radius 3 is 2.42 bits per heavy atom. The number of nitrogens with two attached hydrogens (primary N) is 1. The number of carbonyl (C=O) groups excluding carboxylic acids is 1. The molecule has 2 saturated carbocycles. The van der Waals surface area contributed by atoms with Crippen molar-refractivity contribution < 1.29 is 14.3 Å². The zero-order valence-corrected chi connectivity index (χ0v) is 11.4. The first kappa shape index (κ1) is 13.3. The molecule has 1 saturated heterocycles. The van der Waals surface area contributed by atoms with Crippen LogP contribution in [0.15, 0.2) is 0 Å². The minimum absolute atomic E-state index is 0.215. The predicted octanol–water partition coefficient (Wildman–Crippen LogP) is 0.568. The lowest BCUT2D eigenvalue weighted by Crippen LogP contribution is -2.61. The molecule has 5 nitrogen and oxygen atoms in total. The van der Waals surface area contributed by atoms with Crippen molar-refractivity contribution in [2.45, 2.75) is 56.2 Å². The lowest BCUT2D eigenvalue weighted by molar-refractivity contribution is -0.131. The van der Waals surface area contributed by atoms with Gasteiger partial charge < -0.3 is 15.2 Å². The highest BCUT2D eigenvalue weighted by atomic mass is 16.5. The fourth-order valence-corrected chi connectivity index (χ4v) is 2.88. The highest BCUT2D eigenvalue weighted by Crippen LogP contribution is 2.42. The van der Waals surface area contributed by atoms with Crippen LogP contribution in [0.3, 0.4) is 0 Å². The van der Waals surface area contributed by atoms with E-state index in [2.05, 4.69) is 5.32 Å². The Morgan fingerprint density at radius 1 is 1.21 bits per heavy atom. The lowest BCUT2D eigenvalue weighted by Gasteiger charge is -2.34. The van der Waals surface area contributed by atoms with Gasteiger partial charge in [0, 0.05) is 19.3 Å². The average Bonchev–Trinajstić information content (AvgIpc) is 3.28. The van der Waals surface area contributed by atoms with Crippen molar-refractivity contribution in [3.8, 4) is 0 Å². The molecule has 0 spiro atoms. The van der Waals surface area contributed by atoms with Crippen LogP contribution in [-0.4, -0.2) is 43.4 Å². The fraction of sp³-hybridized carbons (Fsp3) is 0.929. The number of carbonyl (C=O) groups is 1. The van der Waals surface area contributed by atoms with Crippen LogP contribution in [0.5, 0.6) is 0 Å². The zero-order valence-electron chi connectivity index (χ0n) is 11.4. The molecule has 0 aromatic carbocycles. The summed E-state index contributed by atoms with van der Waals surface area (Å²) in [7, 11) is 0. The van der Waals surface area contributed by atoms with Gasteiger partial charge in [-0.15, -0.1) is 0 Å². The zero-order chi connectivity index (χ0) is 13.3. The van der Waals surface area contributed by atoms with E-state index in [0.717, 1.165) is 51.7 Å². The largest absolute Gasteiger partial charge is 0.381 e. The highest BCUT2D eigenvalue weighted by Gasteiger charge is 2.52. The molecule has 0 bridgehead atoms. The van der Waals surface area contributed by atoms with Crippen LogP contribution in [0.4, 0.5) is 0 Å². The van der Waals surface area contributed by atoms with Crippen LogP contribution in [0, 0.1) is 5.92 Å². The van der Waals surface area contributed by atoms with Crippen LogP contribution in [0.2, 0.25) is 0 Å². The van der Waals surface area contributed by atoms with Gasteiger partial charge in [0.1, 0.15) is 5.54 Å². The Kier molecular flexibility index (Phi) is 3.78. The van der Waals surface area contributed by atoms with Crippen molar-refractivity contribution in [3.05, 3.63) is 0 Å². The quantitative estimate of drug-likeness (QED) is 0.708. The van der Waals surface area contributed by atoms with Crippen LogP contribution < -0.4 is 11.1 Å². The molecule has 5 heteroatoms. The molecular weight excluding hydrogens is 244 g/mol. The molecule has 3 aliphatic rings. The molecule has 3 fully saturated rings. The number of primary amides is 1. The molecule has 1 aliphatic heterocycles. The average molecular weight is 268 g/mol. The van der Waals surface area contributed by atoms with Gasteiger partial charge in [-0.05, 0) is 44.4 Å². The van der Waals surface area contributed by atoms with Crippen molar-refractivity contribution >= 4 is 5.91 Å². The number of hydrogen-bond donors (Lipinski definition) is 2. The van der Waals surface area contributed by atoms with Gasteiger partial charge in [-0.1, -0.05) is 0 Å². The van der Waals surface area contributed by atoms with Crippen molar-refractivity contribution in [2.75, 3.05) is 19.8 Å². The Morgan fingerprint density at radius 2 is 1.89 bits per heavy atom. The molecular formula is C14H24N2O3. The number of amides is 1. The van der Waals surface area contributed by atoms with Crippen LogP contribution >= 0.6 is 0 Å². The van der Waals surface area contributed by atoms with E-state index in [-0.39, 0.29) is 12.0 Å². The summed E-state index contributed by atoms with van der Waals surface area (Å²) in [5.74, 6) is 0.124. The van der Waals surface area contributed by atoms with Crippen molar-refractivity contribution in [3.63, 3.8) is 0 Å². The third kappa shape index (κ3) is 3.09. The minimum atomic E-state index is -0.626. The summed E-state index contributed by atoms with van der Waals surface area (Å²) in [6, 6.07) is 0.464. The fourth-order valence-electron chi connectivity index (χ4n) is 2.88. The van der Waals surface area contributed by atoms with E-state index in [1.165, 1.54) is 0 Å². The molecule has 1 heterocycles. The molecule has 3 N–H and O–H groups in total. The molecule has 1 atom stereocenters. The highest BCUT2D eigenvalue weighted by molar-refractivity contribution is 5.86. The molecule has 2 aliphatic carbocycles. The first-order chi connectivity index (χ1) is 9.21. The summed E-state index contributed by atoms with van der Waals surface area (Å²) in [5, 5.41) is 3.47. The Balaban J connectivity index is 1.61. The van der Waals surface area contributed by atoms with E-state index >= 15 is 0 Å². The number of nitrogens with one attached hydrogen (secondary N) is 1. The van der Waals surface area contributed by atoms with Crippen molar-refractivity contribution in [2.24, 2.45) is 11.7 Å². The van der Waals surface area contributed by atoms with E-state index in [1.807, 2.05) is 0 Å². The van der Waals surface area contributed by atoms with Crippen LogP contribution in [-0.2, 0) is 14.3 Å². The molecule has 0 radical (unpaired) electrons. The standard InChI is InChI=1S/C14H24N2O3/c15-13(17)14(10-1-2-10,16-11-3-4-11)9-19-12-5-7-18-8-6-12/h10-12,16H,1-9H2,(H2,15,17). The molecule has 0 aromatic heterocycles. The number of ether oxygens (including phenoxy) is 2. The van der Waals surface area contributed by atoms with Crippen molar-refractivity contribution in [1.82, 2.24) is 5.32 Å². The maximum Gasteiger partial charge on any atom is 0.240 e. The van der Waals surface area contributed by atoms with Crippen LogP contribution in [0.25, 0.3) is 0 Å². The smallest absolute Gasteiger partial charge is 0.240 e. The molecule has 0 aromatic rings. The second-order valence-electron chi connectivity index (χ2n) is 6.15. The van der Waals surface area contributed by atoms with Gasteiger partial charge >= 0.3 is 0 Å². The summed E-state index contributed by atoms with van der Waals surface area (Å²) in [4.78, 5) is 12.0. The molecule has 108 valence electrons. The second kappa shape index (κ2) is 5.38. The first-order valence-electron chi connectivity index (χ1n) is 7.47. The third-order valence-corrected chi connectivity index (χ3v) is 4.47. The molecule has 1 amide bonds. The summed E-state index contributed by atoms with van der Waals surface area (Å²) in [6.45, 7) is 1.94. The number of hydrogen-bond acceptors (Lipinski definition) is 4. The first-order valence-corrected chi connectivity index (χ1v) is 7.47. The maximum absolute atomic E-state index is 12.0. The van der Waals surface area contributed by atoms with Gasteiger partial charge in [0.15, 0.2) is 0 Å². The maximum atomic E-state index is 12.0. The molecule has 1 unspecified atom stereocenters. The predicted molar refractivity (Wildman–Crippen MR) is 70.6 cm³/mol. The lowest BCUT2D eigenvalue weighted by atomic mass is 9.92. The van der Waals surface area contributed by atoms with Gasteiger partial charge in [-0.2, -0.15) is 0 Å². The Bertz CT molecular complexity index is 336. The van der Waals surface area contributed by atoms with Gasteiger partial charge in [-0.25, -0.2) is 0 Å². The van der Waals surface area contributed by atoms with E-state index in [4.69, 9.17) is 15.2 Å². The van der Waals surface area contributed by atoms with Crippen LogP contribution in [0.1, 0.15) is 38.5 Å². The number of rotatable bonds is 7. The molecule has 3 rings (SSSR count). The molecule has 19 heavy (non-hydrogen) atoms. The minimum Gasteiger partial charge on any atom is -0.381 e. The SMILES string of the molecule is NC(=O)C(COC1CCOCC1)(NC1CC1)C1CC1. The van der Waals surface area contributed by atoms with E-state index < -0.39 is 5.54 Å².